The van der Waals surface area contributed by atoms with Crippen LogP contribution in [0.5, 0.6) is 0 Å². The van der Waals surface area contributed by atoms with Gasteiger partial charge in [-0.2, -0.15) is 0 Å². The Hall–Kier alpha value is -0.880. The Morgan fingerprint density at radius 2 is 2.00 bits per heavy atom. The van der Waals surface area contributed by atoms with Crippen LogP contribution < -0.4 is 10.6 Å². The summed E-state index contributed by atoms with van der Waals surface area (Å²) in [6, 6.07) is 3.74. The number of hydrogen-bond donors (Lipinski definition) is 2. The third kappa shape index (κ3) is 8.00. The Labute approximate surface area is 126 Å². The first-order chi connectivity index (χ1) is 8.13. The van der Waals surface area contributed by atoms with E-state index < -0.39 is 0 Å². The average molecular weight is 310 g/mol. The van der Waals surface area contributed by atoms with Crippen molar-refractivity contribution in [2.45, 2.75) is 13.8 Å². The number of carbonyl (C=O) groups is 1. The van der Waals surface area contributed by atoms with Gasteiger partial charge < -0.3 is 15.4 Å². The van der Waals surface area contributed by atoms with E-state index in [4.69, 9.17) is 4.74 Å². The van der Waals surface area contributed by atoms with Gasteiger partial charge in [-0.1, -0.05) is 0 Å². The molecule has 1 heterocycles. The summed E-state index contributed by atoms with van der Waals surface area (Å²) in [4.78, 5) is 15.9. The standard InChI is InChI=1S/C12H19N3O2.2ClH/c1-9-4-5-11(10(2)14-9)15-12(16)8-13-6-7-17-3;;/h4-5,13H,6-8H2,1-3H3,(H,15,16);2*1H. The van der Waals surface area contributed by atoms with Gasteiger partial charge in [0, 0.05) is 19.3 Å². The Kier molecular flexibility index (Phi) is 11.8. The monoisotopic (exact) mass is 309 g/mol. The molecule has 0 saturated carbocycles. The van der Waals surface area contributed by atoms with Crippen molar-refractivity contribution in [1.82, 2.24) is 10.3 Å². The summed E-state index contributed by atoms with van der Waals surface area (Å²) in [6.07, 6.45) is 0. The molecule has 0 aliphatic rings. The fourth-order valence-electron chi connectivity index (χ4n) is 1.39. The zero-order valence-electron chi connectivity index (χ0n) is 11.4. The lowest BCUT2D eigenvalue weighted by Gasteiger charge is -2.09. The number of aromatic nitrogens is 1. The number of anilines is 1. The summed E-state index contributed by atoms with van der Waals surface area (Å²) < 4.78 is 4.87. The highest BCUT2D eigenvalue weighted by Crippen LogP contribution is 2.11. The maximum absolute atomic E-state index is 11.6. The summed E-state index contributed by atoms with van der Waals surface area (Å²) in [5, 5.41) is 5.79. The maximum Gasteiger partial charge on any atom is 0.238 e. The highest BCUT2D eigenvalue weighted by atomic mass is 35.5. The van der Waals surface area contributed by atoms with Gasteiger partial charge in [0.25, 0.3) is 0 Å². The SMILES string of the molecule is COCCNCC(=O)Nc1ccc(C)nc1C.Cl.Cl. The number of hydrogen-bond acceptors (Lipinski definition) is 4. The van der Waals surface area contributed by atoms with E-state index >= 15 is 0 Å². The molecule has 1 rings (SSSR count). The molecule has 1 amide bonds. The first-order valence-corrected chi connectivity index (χ1v) is 5.57. The lowest BCUT2D eigenvalue weighted by molar-refractivity contribution is -0.115. The van der Waals surface area contributed by atoms with Crippen LogP contribution in [0.25, 0.3) is 0 Å². The Bertz CT molecular complexity index is 389. The van der Waals surface area contributed by atoms with E-state index in [-0.39, 0.29) is 37.3 Å². The second-order valence-electron chi connectivity index (χ2n) is 3.80. The zero-order chi connectivity index (χ0) is 12.7. The molecule has 2 N–H and O–H groups in total. The molecule has 1 aromatic heterocycles. The van der Waals surface area contributed by atoms with Gasteiger partial charge >= 0.3 is 0 Å². The number of rotatable bonds is 6. The molecule has 0 aliphatic carbocycles. The summed E-state index contributed by atoms with van der Waals surface area (Å²) in [7, 11) is 1.63. The predicted octanol–water partition coefficient (Wildman–Crippen LogP) is 1.72. The molecule has 0 fully saturated rings. The van der Waals surface area contributed by atoms with Crippen molar-refractivity contribution in [3.05, 3.63) is 23.5 Å². The Morgan fingerprint density at radius 1 is 1.32 bits per heavy atom. The minimum absolute atomic E-state index is 0. The smallest absolute Gasteiger partial charge is 0.238 e. The molecule has 7 heteroatoms. The molecule has 1 aromatic rings. The molecule has 19 heavy (non-hydrogen) atoms. The lowest BCUT2D eigenvalue weighted by Crippen LogP contribution is -2.30. The molecule has 5 nitrogen and oxygen atoms in total. The van der Waals surface area contributed by atoms with Crippen LogP contribution in [0.15, 0.2) is 12.1 Å². The van der Waals surface area contributed by atoms with E-state index in [0.29, 0.717) is 13.2 Å². The molecule has 0 aromatic carbocycles. The van der Waals surface area contributed by atoms with Gasteiger partial charge in [-0.05, 0) is 26.0 Å². The number of nitrogens with one attached hydrogen (secondary N) is 2. The first-order valence-electron chi connectivity index (χ1n) is 5.57. The number of ether oxygens (including phenoxy) is 1. The highest BCUT2D eigenvalue weighted by Gasteiger charge is 2.04. The molecule has 0 unspecified atom stereocenters. The van der Waals surface area contributed by atoms with E-state index in [9.17, 15) is 4.79 Å². The fraction of sp³-hybridized carbons (Fsp3) is 0.500. The summed E-state index contributed by atoms with van der Waals surface area (Å²) in [5.74, 6) is -0.0742. The van der Waals surface area contributed by atoms with Crippen molar-refractivity contribution in [2.75, 3.05) is 32.1 Å². The van der Waals surface area contributed by atoms with E-state index in [2.05, 4.69) is 15.6 Å². The predicted molar refractivity (Wildman–Crippen MR) is 81.6 cm³/mol. The van der Waals surface area contributed by atoms with E-state index in [1.165, 1.54) is 0 Å². The van der Waals surface area contributed by atoms with E-state index in [1.54, 1.807) is 7.11 Å². The van der Waals surface area contributed by atoms with Gasteiger partial charge in [-0.15, -0.1) is 24.8 Å². The summed E-state index contributed by atoms with van der Waals surface area (Å²) >= 11 is 0. The second kappa shape index (κ2) is 11.0. The first kappa shape index (κ1) is 20.4. The van der Waals surface area contributed by atoms with Crippen molar-refractivity contribution in [1.29, 1.82) is 0 Å². The molecule has 0 bridgehead atoms. The topological polar surface area (TPSA) is 63.2 Å². The van der Waals surface area contributed by atoms with Crippen LogP contribution in [-0.2, 0) is 9.53 Å². The normalized spacial score (nSPS) is 9.21. The molecule has 110 valence electrons. The maximum atomic E-state index is 11.6. The van der Waals surface area contributed by atoms with Crippen LogP contribution in [0.4, 0.5) is 5.69 Å². The van der Waals surface area contributed by atoms with Crippen LogP contribution in [-0.4, -0.2) is 37.7 Å². The molecular weight excluding hydrogens is 289 g/mol. The van der Waals surface area contributed by atoms with Gasteiger partial charge in [0.2, 0.25) is 5.91 Å². The van der Waals surface area contributed by atoms with Crippen molar-refractivity contribution >= 4 is 36.4 Å². The highest BCUT2D eigenvalue weighted by molar-refractivity contribution is 5.92. The van der Waals surface area contributed by atoms with Crippen molar-refractivity contribution in [2.24, 2.45) is 0 Å². The molecule has 0 radical (unpaired) electrons. The molecule has 0 aliphatic heterocycles. The quantitative estimate of drug-likeness (QED) is 0.785. The minimum Gasteiger partial charge on any atom is -0.383 e. The van der Waals surface area contributed by atoms with E-state index in [0.717, 1.165) is 17.1 Å². The van der Waals surface area contributed by atoms with Gasteiger partial charge in [-0.3, -0.25) is 9.78 Å². The van der Waals surface area contributed by atoms with Gasteiger partial charge in [-0.25, -0.2) is 0 Å². The summed E-state index contributed by atoms with van der Waals surface area (Å²) in [5.41, 5.74) is 2.53. The number of methoxy groups -OCH3 is 1. The van der Waals surface area contributed by atoms with Crippen LogP contribution >= 0.6 is 24.8 Å². The van der Waals surface area contributed by atoms with Crippen LogP contribution in [0.3, 0.4) is 0 Å². The number of amides is 1. The van der Waals surface area contributed by atoms with E-state index in [1.807, 2.05) is 26.0 Å². The molecule has 0 spiro atoms. The fourth-order valence-corrected chi connectivity index (χ4v) is 1.39. The number of carbonyl (C=O) groups excluding carboxylic acids is 1. The second-order valence-corrected chi connectivity index (χ2v) is 3.80. The van der Waals surface area contributed by atoms with Gasteiger partial charge in [0.15, 0.2) is 0 Å². The number of aryl methyl sites for hydroxylation is 2. The Morgan fingerprint density at radius 3 is 2.58 bits per heavy atom. The number of pyridine rings is 1. The van der Waals surface area contributed by atoms with Crippen molar-refractivity contribution in [3.63, 3.8) is 0 Å². The number of halogens is 2. The molecular formula is C12H21Cl2N3O2. The largest absolute Gasteiger partial charge is 0.383 e. The third-order valence-electron chi connectivity index (χ3n) is 2.27. The van der Waals surface area contributed by atoms with Crippen molar-refractivity contribution in [3.8, 4) is 0 Å². The molecule has 0 atom stereocenters. The van der Waals surface area contributed by atoms with Gasteiger partial charge in [0.1, 0.15) is 0 Å². The average Bonchev–Trinajstić information content (AvgIpc) is 2.28. The van der Waals surface area contributed by atoms with Crippen molar-refractivity contribution < 1.29 is 9.53 Å². The minimum atomic E-state index is -0.0742. The van der Waals surface area contributed by atoms with Gasteiger partial charge in [0.05, 0.1) is 24.5 Å². The van der Waals surface area contributed by atoms with Crippen LogP contribution in [0.2, 0.25) is 0 Å². The molecule has 0 saturated heterocycles. The third-order valence-corrected chi connectivity index (χ3v) is 2.27. The lowest BCUT2D eigenvalue weighted by atomic mass is 10.2. The van der Waals surface area contributed by atoms with Crippen LogP contribution in [0, 0.1) is 13.8 Å². The zero-order valence-corrected chi connectivity index (χ0v) is 13.0. The summed E-state index contributed by atoms with van der Waals surface area (Å²) in [6.45, 7) is 5.33. The van der Waals surface area contributed by atoms with Crippen LogP contribution in [0.1, 0.15) is 11.4 Å². The number of nitrogens with zero attached hydrogens (tertiary/aromatic N) is 1. The Balaban J connectivity index is 0.